The number of rotatable bonds is 6. The Morgan fingerprint density at radius 2 is 1.56 bits per heavy atom. The van der Waals surface area contributed by atoms with Gasteiger partial charge in [-0.1, -0.05) is 46.2 Å². The molecule has 3 atom stereocenters. The van der Waals surface area contributed by atoms with Gasteiger partial charge >= 0.3 is 5.97 Å². The number of fused-ring (bicyclic) bond motifs is 2. The Kier molecular flexibility index (Phi) is 6.21. The number of carbonyl (C=O) groups is 1. The van der Waals surface area contributed by atoms with Crippen molar-refractivity contribution in [3.8, 4) is 5.75 Å². The van der Waals surface area contributed by atoms with Crippen molar-refractivity contribution in [3.63, 3.8) is 0 Å². The third kappa shape index (κ3) is 4.48. The van der Waals surface area contributed by atoms with E-state index in [-0.39, 0.29) is 22.5 Å². The van der Waals surface area contributed by atoms with E-state index in [1.807, 2.05) is 52.0 Å². The van der Waals surface area contributed by atoms with Gasteiger partial charge in [0.15, 0.2) is 0 Å². The van der Waals surface area contributed by atoms with E-state index in [9.17, 15) is 17.8 Å². The average molecular weight is 457 g/mol. The molecule has 0 radical (unpaired) electrons. The lowest BCUT2D eigenvalue weighted by Crippen LogP contribution is -2.13. The Morgan fingerprint density at radius 3 is 2.00 bits per heavy atom. The van der Waals surface area contributed by atoms with Crippen LogP contribution >= 0.6 is 0 Å². The van der Waals surface area contributed by atoms with Crippen molar-refractivity contribution < 1.29 is 22.5 Å². The van der Waals surface area contributed by atoms with Gasteiger partial charge < -0.3 is 4.74 Å². The van der Waals surface area contributed by atoms with Crippen LogP contribution in [0, 0.1) is 11.8 Å². The highest BCUT2D eigenvalue weighted by molar-refractivity contribution is 7.86. The first-order chi connectivity index (χ1) is 15.0. The molecule has 2 aliphatic carbocycles. The van der Waals surface area contributed by atoms with Crippen molar-refractivity contribution >= 4 is 16.1 Å². The van der Waals surface area contributed by atoms with E-state index in [1.54, 1.807) is 12.1 Å². The quantitative estimate of drug-likeness (QED) is 0.313. The fourth-order valence-electron chi connectivity index (χ4n) is 5.55. The Balaban J connectivity index is 1.59. The van der Waals surface area contributed by atoms with Crippen molar-refractivity contribution in [2.45, 2.75) is 76.0 Å². The molecule has 2 aromatic rings. The summed E-state index contributed by atoms with van der Waals surface area (Å²) in [6.45, 7) is 7.37. The van der Waals surface area contributed by atoms with Gasteiger partial charge in [0.1, 0.15) is 10.6 Å². The van der Waals surface area contributed by atoms with E-state index in [2.05, 4.69) is 0 Å². The molecule has 0 saturated heterocycles. The van der Waals surface area contributed by atoms with Crippen LogP contribution in [0.4, 0.5) is 0 Å². The van der Waals surface area contributed by atoms with Crippen LogP contribution < -0.4 is 4.74 Å². The minimum Gasteiger partial charge on any atom is -0.423 e. The second kappa shape index (κ2) is 8.64. The number of carbonyl (C=O) groups excluding carboxylic acids is 1. The smallest absolute Gasteiger partial charge is 0.343 e. The molecule has 0 aliphatic heterocycles. The average Bonchev–Trinajstić information content (AvgIpc) is 3.36. The number of benzene rings is 2. The molecule has 6 heteroatoms. The second-order valence-corrected chi connectivity index (χ2v) is 11.4. The van der Waals surface area contributed by atoms with Crippen LogP contribution in [-0.2, 0) is 10.1 Å². The van der Waals surface area contributed by atoms with Gasteiger partial charge in [-0.2, -0.15) is 8.42 Å². The third-order valence-corrected chi connectivity index (χ3v) is 8.13. The summed E-state index contributed by atoms with van der Waals surface area (Å²) in [5.41, 5.74) is 2.64. The van der Waals surface area contributed by atoms with E-state index in [1.165, 1.54) is 31.2 Å². The zero-order valence-electron chi connectivity index (χ0n) is 19.2. The first-order valence-corrected chi connectivity index (χ1v) is 13.0. The second-order valence-electron chi connectivity index (χ2n) is 10.0. The van der Waals surface area contributed by atoms with E-state index in [4.69, 9.17) is 4.74 Å². The molecule has 2 bridgehead atoms. The predicted octanol–water partition coefficient (Wildman–Crippen LogP) is 6.30. The van der Waals surface area contributed by atoms with Crippen LogP contribution in [0.1, 0.15) is 98.2 Å². The summed E-state index contributed by atoms with van der Waals surface area (Å²) in [6.07, 6.45) is 5.27. The van der Waals surface area contributed by atoms with Crippen molar-refractivity contribution in [2.24, 2.45) is 11.8 Å². The first kappa shape index (κ1) is 23.0. The normalized spacial score (nSPS) is 22.7. The van der Waals surface area contributed by atoms with Crippen LogP contribution in [0.2, 0.25) is 0 Å². The molecule has 1 N–H and O–H groups in total. The van der Waals surface area contributed by atoms with Gasteiger partial charge in [0.05, 0.1) is 5.56 Å². The van der Waals surface area contributed by atoms with Crippen LogP contribution in [0.5, 0.6) is 5.75 Å². The molecule has 3 unspecified atom stereocenters. The molecule has 2 aliphatic rings. The molecule has 32 heavy (non-hydrogen) atoms. The lowest BCUT2D eigenvalue weighted by Gasteiger charge is -2.22. The maximum absolute atomic E-state index is 12.8. The minimum atomic E-state index is -4.41. The predicted molar refractivity (Wildman–Crippen MR) is 124 cm³/mol. The number of ether oxygens (including phenoxy) is 1. The Labute approximate surface area is 190 Å². The zero-order chi connectivity index (χ0) is 23.2. The first-order valence-electron chi connectivity index (χ1n) is 11.5. The summed E-state index contributed by atoms with van der Waals surface area (Å²) >= 11 is 0. The minimum absolute atomic E-state index is 0.0856. The fourth-order valence-corrected chi connectivity index (χ4v) is 6.73. The summed E-state index contributed by atoms with van der Waals surface area (Å²) in [5.74, 6) is 1.70. The molecule has 172 valence electrons. The lowest BCUT2D eigenvalue weighted by molar-refractivity contribution is 0.0734. The molecule has 0 aromatic heterocycles. The topological polar surface area (TPSA) is 80.7 Å². The highest BCUT2D eigenvalue weighted by atomic mass is 32.2. The van der Waals surface area contributed by atoms with Crippen molar-refractivity contribution in [3.05, 3.63) is 58.7 Å². The number of esters is 1. The van der Waals surface area contributed by atoms with Crippen LogP contribution in [0.15, 0.2) is 41.3 Å². The van der Waals surface area contributed by atoms with E-state index in [0.717, 1.165) is 11.8 Å². The largest absolute Gasteiger partial charge is 0.423 e. The molecule has 2 aromatic carbocycles. The molecule has 4 rings (SSSR count). The Morgan fingerprint density at radius 1 is 0.969 bits per heavy atom. The molecule has 0 heterocycles. The van der Waals surface area contributed by atoms with Crippen LogP contribution in [0.25, 0.3) is 0 Å². The van der Waals surface area contributed by atoms with Crippen molar-refractivity contribution in [1.82, 2.24) is 0 Å². The summed E-state index contributed by atoms with van der Waals surface area (Å²) < 4.78 is 39.6. The van der Waals surface area contributed by atoms with E-state index < -0.39 is 16.1 Å². The Hall–Kier alpha value is -2.18. The highest BCUT2D eigenvalue weighted by Gasteiger charge is 2.40. The molecule has 0 amide bonds. The molecule has 2 fully saturated rings. The van der Waals surface area contributed by atoms with Gasteiger partial charge in [-0.15, -0.1) is 0 Å². The van der Waals surface area contributed by atoms with Gasteiger partial charge in [-0.05, 0) is 89.8 Å². The van der Waals surface area contributed by atoms with Gasteiger partial charge in [0.25, 0.3) is 10.1 Å². The van der Waals surface area contributed by atoms with Gasteiger partial charge in [-0.25, -0.2) is 4.79 Å². The number of hydrogen-bond acceptors (Lipinski definition) is 4. The summed E-state index contributed by atoms with van der Waals surface area (Å²) in [7, 11) is -4.41. The molecule has 5 nitrogen and oxygen atoms in total. The van der Waals surface area contributed by atoms with Crippen molar-refractivity contribution in [1.29, 1.82) is 0 Å². The summed E-state index contributed by atoms with van der Waals surface area (Å²) in [4.78, 5) is 12.7. The van der Waals surface area contributed by atoms with E-state index in [0.29, 0.717) is 22.6 Å². The maximum Gasteiger partial charge on any atom is 0.343 e. The lowest BCUT2D eigenvalue weighted by atomic mass is 9.83. The molecular formula is C26H32O5S. The Bertz CT molecular complexity index is 1090. The van der Waals surface area contributed by atoms with Gasteiger partial charge in [-0.3, -0.25) is 4.55 Å². The number of hydrogen-bond donors (Lipinski definition) is 1. The molecule has 2 saturated carbocycles. The highest BCUT2D eigenvalue weighted by Crippen LogP contribution is 2.52. The van der Waals surface area contributed by atoms with Crippen molar-refractivity contribution in [2.75, 3.05) is 0 Å². The van der Waals surface area contributed by atoms with Gasteiger partial charge in [0, 0.05) is 0 Å². The van der Waals surface area contributed by atoms with Gasteiger partial charge in [0.2, 0.25) is 0 Å². The fraction of sp³-hybridized carbons (Fsp3) is 0.500. The third-order valence-electron chi connectivity index (χ3n) is 7.15. The zero-order valence-corrected chi connectivity index (χ0v) is 20.0. The molecule has 0 spiro atoms. The van der Waals surface area contributed by atoms with Crippen LogP contribution in [-0.4, -0.2) is 18.9 Å². The van der Waals surface area contributed by atoms with E-state index >= 15 is 0 Å². The standard InChI is InChI=1S/C26H32O5S/c1-15(2)22-13-21(14-23(16(3)4)25(22)32(28,29)30)31-26(27)19-9-7-18(8-10-19)24-12-17-5-6-20(24)11-17/h7-10,13-17,20,24H,5-6,11-12H2,1-4H3,(H,28,29,30). The molecular weight excluding hydrogens is 424 g/mol. The summed E-state index contributed by atoms with van der Waals surface area (Å²) in [6, 6.07) is 10.8. The monoisotopic (exact) mass is 456 g/mol. The maximum atomic E-state index is 12.8. The van der Waals surface area contributed by atoms with Crippen LogP contribution in [0.3, 0.4) is 0 Å². The SMILES string of the molecule is CC(C)c1cc(OC(=O)c2ccc(C3CC4CCC3C4)cc2)cc(C(C)C)c1S(=O)(=O)O. The summed E-state index contributed by atoms with van der Waals surface area (Å²) in [5, 5.41) is 0.